The Morgan fingerprint density at radius 2 is 1.86 bits per heavy atom. The Morgan fingerprint density at radius 1 is 1.14 bits per heavy atom. The summed E-state index contributed by atoms with van der Waals surface area (Å²) >= 11 is 0. The number of aromatic amines is 1. The fourth-order valence-electron chi connectivity index (χ4n) is 2.12. The van der Waals surface area contributed by atoms with Crippen molar-refractivity contribution in [2.75, 3.05) is 11.1 Å². The topological polar surface area (TPSA) is 70.9 Å². The molecule has 3 rings (SSSR count). The summed E-state index contributed by atoms with van der Waals surface area (Å²) in [6.07, 6.45) is 1.47. The minimum Gasteiger partial charge on any atom is -0.399 e. The second kappa shape index (κ2) is 4.90. The number of aromatic nitrogens is 1. The maximum atomic E-state index is 13.5. The Kier molecular flexibility index (Phi) is 3.06. The Bertz CT molecular complexity index is 822. The molecule has 4 nitrogen and oxygen atoms in total. The maximum absolute atomic E-state index is 13.5. The van der Waals surface area contributed by atoms with E-state index in [4.69, 9.17) is 5.73 Å². The van der Waals surface area contributed by atoms with Gasteiger partial charge in [0, 0.05) is 22.8 Å². The summed E-state index contributed by atoms with van der Waals surface area (Å²) in [7, 11) is 0. The van der Waals surface area contributed by atoms with Gasteiger partial charge >= 0.3 is 0 Å². The van der Waals surface area contributed by atoms with Crippen molar-refractivity contribution in [2.45, 2.75) is 0 Å². The standard InChI is InChI=1S/C15H11F2N3O/c16-11-2-1-3-12(17)14(11)20-15(21)10-7-19-13-5-4-8(18)6-9(10)13/h1-7,19H,18H2,(H,20,21). The predicted molar refractivity (Wildman–Crippen MR) is 77.0 cm³/mol. The highest BCUT2D eigenvalue weighted by molar-refractivity contribution is 6.13. The van der Waals surface area contributed by atoms with Crippen LogP contribution in [0.1, 0.15) is 10.4 Å². The number of carbonyl (C=O) groups is 1. The first-order valence-electron chi connectivity index (χ1n) is 6.18. The molecule has 0 aliphatic rings. The van der Waals surface area contributed by atoms with Crippen molar-refractivity contribution in [1.29, 1.82) is 0 Å². The van der Waals surface area contributed by atoms with Gasteiger partial charge in [-0.2, -0.15) is 0 Å². The van der Waals surface area contributed by atoms with Gasteiger partial charge in [0.15, 0.2) is 0 Å². The van der Waals surface area contributed by atoms with Crippen molar-refractivity contribution < 1.29 is 13.6 Å². The van der Waals surface area contributed by atoms with E-state index in [0.717, 1.165) is 12.1 Å². The second-order valence-corrected chi connectivity index (χ2v) is 4.56. The van der Waals surface area contributed by atoms with E-state index in [1.165, 1.54) is 12.3 Å². The zero-order valence-electron chi connectivity index (χ0n) is 10.8. The smallest absolute Gasteiger partial charge is 0.257 e. The van der Waals surface area contributed by atoms with E-state index in [9.17, 15) is 13.6 Å². The van der Waals surface area contributed by atoms with Crippen LogP contribution in [0.5, 0.6) is 0 Å². The molecule has 1 amide bonds. The highest BCUT2D eigenvalue weighted by Gasteiger charge is 2.16. The van der Waals surface area contributed by atoms with Crippen molar-refractivity contribution in [1.82, 2.24) is 4.98 Å². The monoisotopic (exact) mass is 287 g/mol. The van der Waals surface area contributed by atoms with Gasteiger partial charge in [0.25, 0.3) is 5.91 Å². The van der Waals surface area contributed by atoms with E-state index in [1.54, 1.807) is 18.2 Å². The molecule has 0 spiro atoms. The lowest BCUT2D eigenvalue weighted by molar-refractivity contribution is 0.102. The van der Waals surface area contributed by atoms with E-state index in [1.807, 2.05) is 0 Å². The summed E-state index contributed by atoms with van der Waals surface area (Å²) in [5.74, 6) is -2.28. The summed E-state index contributed by atoms with van der Waals surface area (Å²) in [6, 6.07) is 8.42. The minimum absolute atomic E-state index is 0.264. The van der Waals surface area contributed by atoms with Gasteiger partial charge in [0.05, 0.1) is 5.56 Å². The fourth-order valence-corrected chi connectivity index (χ4v) is 2.12. The third kappa shape index (κ3) is 2.31. The number of carbonyl (C=O) groups excluding carboxylic acids is 1. The Morgan fingerprint density at radius 3 is 2.57 bits per heavy atom. The van der Waals surface area contributed by atoms with Crippen LogP contribution in [0.4, 0.5) is 20.2 Å². The van der Waals surface area contributed by atoms with E-state index in [2.05, 4.69) is 10.3 Å². The number of hydrogen-bond donors (Lipinski definition) is 3. The molecule has 1 aromatic heterocycles. The number of nitrogens with one attached hydrogen (secondary N) is 2. The van der Waals surface area contributed by atoms with Crippen LogP contribution in [0.3, 0.4) is 0 Å². The number of nitrogen functional groups attached to an aromatic ring is 1. The van der Waals surface area contributed by atoms with Gasteiger partial charge in [0.2, 0.25) is 0 Å². The van der Waals surface area contributed by atoms with Gasteiger partial charge < -0.3 is 16.0 Å². The Hall–Kier alpha value is -2.89. The van der Waals surface area contributed by atoms with Crippen molar-refractivity contribution in [3.63, 3.8) is 0 Å². The molecule has 0 saturated carbocycles. The van der Waals surface area contributed by atoms with E-state index < -0.39 is 23.2 Å². The number of H-pyrrole nitrogens is 1. The molecule has 21 heavy (non-hydrogen) atoms. The number of benzene rings is 2. The number of nitrogens with two attached hydrogens (primary N) is 1. The quantitative estimate of drug-likeness (QED) is 0.633. The van der Waals surface area contributed by atoms with Crippen LogP contribution in [0.25, 0.3) is 10.9 Å². The number of anilines is 2. The molecule has 0 aliphatic carbocycles. The Balaban J connectivity index is 2.00. The molecule has 6 heteroatoms. The van der Waals surface area contributed by atoms with Crippen molar-refractivity contribution >= 4 is 28.2 Å². The number of amides is 1. The molecule has 2 aromatic carbocycles. The zero-order chi connectivity index (χ0) is 15.0. The summed E-state index contributed by atoms with van der Waals surface area (Å²) in [4.78, 5) is 15.1. The summed E-state index contributed by atoms with van der Waals surface area (Å²) < 4.78 is 27.1. The lowest BCUT2D eigenvalue weighted by Crippen LogP contribution is -2.14. The van der Waals surface area contributed by atoms with E-state index in [0.29, 0.717) is 16.6 Å². The average molecular weight is 287 g/mol. The van der Waals surface area contributed by atoms with Gasteiger partial charge in [0.1, 0.15) is 17.3 Å². The largest absolute Gasteiger partial charge is 0.399 e. The van der Waals surface area contributed by atoms with Crippen molar-refractivity contribution in [2.24, 2.45) is 0 Å². The maximum Gasteiger partial charge on any atom is 0.257 e. The van der Waals surface area contributed by atoms with Crippen LogP contribution >= 0.6 is 0 Å². The number of para-hydroxylation sites is 1. The molecule has 0 aliphatic heterocycles. The molecule has 1 heterocycles. The number of hydrogen-bond acceptors (Lipinski definition) is 2. The molecule has 0 fully saturated rings. The predicted octanol–water partition coefficient (Wildman–Crippen LogP) is 3.28. The van der Waals surface area contributed by atoms with Gasteiger partial charge in [-0.05, 0) is 30.3 Å². The SMILES string of the molecule is Nc1ccc2[nH]cc(C(=O)Nc3c(F)cccc3F)c2c1. The number of halogens is 2. The molecule has 0 atom stereocenters. The van der Waals surface area contributed by atoms with Gasteiger partial charge in [-0.3, -0.25) is 4.79 Å². The summed E-state index contributed by atoms with van der Waals surface area (Å²) in [6.45, 7) is 0. The molecule has 0 saturated heterocycles. The highest BCUT2D eigenvalue weighted by Crippen LogP contribution is 2.24. The molecule has 0 unspecified atom stereocenters. The molecule has 0 radical (unpaired) electrons. The van der Waals surface area contributed by atoms with E-state index in [-0.39, 0.29) is 5.56 Å². The Labute approximate surface area is 118 Å². The van der Waals surface area contributed by atoms with Crippen LogP contribution < -0.4 is 11.1 Å². The van der Waals surface area contributed by atoms with Gasteiger partial charge in [-0.1, -0.05) is 6.07 Å². The molecule has 4 N–H and O–H groups in total. The fraction of sp³-hybridized carbons (Fsp3) is 0. The lowest BCUT2D eigenvalue weighted by atomic mass is 10.1. The molecule has 0 bridgehead atoms. The normalized spacial score (nSPS) is 10.8. The first kappa shape index (κ1) is 13.1. The third-order valence-corrected chi connectivity index (χ3v) is 3.15. The molecule has 3 aromatic rings. The molecule has 106 valence electrons. The first-order chi connectivity index (χ1) is 10.1. The van der Waals surface area contributed by atoms with E-state index >= 15 is 0 Å². The zero-order valence-corrected chi connectivity index (χ0v) is 10.8. The van der Waals surface area contributed by atoms with Crippen LogP contribution in [0.15, 0.2) is 42.6 Å². The lowest BCUT2D eigenvalue weighted by Gasteiger charge is -2.07. The first-order valence-corrected chi connectivity index (χ1v) is 6.18. The second-order valence-electron chi connectivity index (χ2n) is 4.56. The third-order valence-electron chi connectivity index (χ3n) is 3.15. The molecular weight excluding hydrogens is 276 g/mol. The van der Waals surface area contributed by atoms with Gasteiger partial charge in [-0.25, -0.2) is 8.78 Å². The van der Waals surface area contributed by atoms with Crippen LogP contribution in [0.2, 0.25) is 0 Å². The van der Waals surface area contributed by atoms with Crippen LogP contribution in [-0.4, -0.2) is 10.9 Å². The minimum atomic E-state index is -0.831. The average Bonchev–Trinajstić information content (AvgIpc) is 2.86. The van der Waals surface area contributed by atoms with Crippen LogP contribution in [0, 0.1) is 11.6 Å². The molecular formula is C15H11F2N3O. The summed E-state index contributed by atoms with van der Waals surface area (Å²) in [5, 5.41) is 2.83. The number of rotatable bonds is 2. The van der Waals surface area contributed by atoms with Crippen molar-refractivity contribution in [3.8, 4) is 0 Å². The van der Waals surface area contributed by atoms with Crippen molar-refractivity contribution in [3.05, 3.63) is 59.8 Å². The van der Waals surface area contributed by atoms with Gasteiger partial charge in [-0.15, -0.1) is 0 Å². The summed E-state index contributed by atoms with van der Waals surface area (Å²) in [5.41, 5.74) is 6.68. The number of fused-ring (bicyclic) bond motifs is 1. The van der Waals surface area contributed by atoms with Crippen LogP contribution in [-0.2, 0) is 0 Å². The highest BCUT2D eigenvalue weighted by atomic mass is 19.1.